The summed E-state index contributed by atoms with van der Waals surface area (Å²) in [6.45, 7) is 2.48. The summed E-state index contributed by atoms with van der Waals surface area (Å²) in [4.78, 5) is 11.5. The van der Waals surface area contributed by atoms with E-state index in [0.29, 0.717) is 16.5 Å². The highest BCUT2D eigenvalue weighted by Gasteiger charge is 2.14. The SMILES string of the molecule is COC(=O)c1ccc(Cl)c(NCC2CCOCC2)c1. The van der Waals surface area contributed by atoms with E-state index in [0.717, 1.165) is 38.3 Å². The van der Waals surface area contributed by atoms with Gasteiger partial charge in [0.05, 0.1) is 23.4 Å². The highest BCUT2D eigenvalue weighted by molar-refractivity contribution is 6.33. The first-order valence-corrected chi connectivity index (χ1v) is 6.78. The summed E-state index contributed by atoms with van der Waals surface area (Å²) in [5, 5.41) is 3.92. The Hall–Kier alpha value is -1.26. The van der Waals surface area contributed by atoms with Gasteiger partial charge in [-0.25, -0.2) is 4.79 Å². The largest absolute Gasteiger partial charge is 0.465 e. The molecule has 0 aliphatic carbocycles. The number of carbonyl (C=O) groups excluding carboxylic acids is 1. The second-order valence-electron chi connectivity index (χ2n) is 4.62. The molecule has 0 radical (unpaired) electrons. The minimum absolute atomic E-state index is 0.356. The normalized spacial score (nSPS) is 16.1. The maximum Gasteiger partial charge on any atom is 0.337 e. The fourth-order valence-corrected chi connectivity index (χ4v) is 2.29. The van der Waals surface area contributed by atoms with Gasteiger partial charge in [0.15, 0.2) is 0 Å². The van der Waals surface area contributed by atoms with Crippen molar-refractivity contribution < 1.29 is 14.3 Å². The number of hydrogen-bond donors (Lipinski definition) is 1. The molecule has 5 heteroatoms. The van der Waals surface area contributed by atoms with E-state index in [9.17, 15) is 4.79 Å². The monoisotopic (exact) mass is 283 g/mol. The van der Waals surface area contributed by atoms with Crippen LogP contribution in [0.15, 0.2) is 18.2 Å². The van der Waals surface area contributed by atoms with E-state index < -0.39 is 0 Å². The van der Waals surface area contributed by atoms with E-state index in [-0.39, 0.29) is 5.97 Å². The van der Waals surface area contributed by atoms with Crippen LogP contribution in [-0.2, 0) is 9.47 Å². The lowest BCUT2D eigenvalue weighted by atomic mass is 10.0. The van der Waals surface area contributed by atoms with Crippen molar-refractivity contribution in [2.75, 3.05) is 32.2 Å². The number of ether oxygens (including phenoxy) is 2. The predicted octanol–water partition coefficient (Wildman–Crippen LogP) is 2.97. The molecule has 1 aliphatic rings. The van der Waals surface area contributed by atoms with Gasteiger partial charge >= 0.3 is 5.97 Å². The standard InChI is InChI=1S/C14H18ClNO3/c1-18-14(17)11-2-3-12(15)13(8-11)16-9-10-4-6-19-7-5-10/h2-3,8,10,16H,4-7,9H2,1H3. The van der Waals surface area contributed by atoms with Crippen molar-refractivity contribution in [3.05, 3.63) is 28.8 Å². The fourth-order valence-electron chi connectivity index (χ4n) is 2.11. The van der Waals surface area contributed by atoms with Crippen LogP contribution in [0.4, 0.5) is 5.69 Å². The number of nitrogens with one attached hydrogen (secondary N) is 1. The molecule has 1 fully saturated rings. The highest BCUT2D eigenvalue weighted by Crippen LogP contribution is 2.25. The van der Waals surface area contributed by atoms with E-state index in [1.165, 1.54) is 7.11 Å². The number of hydrogen-bond acceptors (Lipinski definition) is 4. The smallest absolute Gasteiger partial charge is 0.337 e. The van der Waals surface area contributed by atoms with Gasteiger partial charge in [-0.15, -0.1) is 0 Å². The number of carbonyl (C=O) groups is 1. The summed E-state index contributed by atoms with van der Waals surface area (Å²) in [7, 11) is 1.37. The first kappa shape index (κ1) is 14.2. The molecule has 0 atom stereocenters. The lowest BCUT2D eigenvalue weighted by Gasteiger charge is -2.23. The van der Waals surface area contributed by atoms with Crippen LogP contribution in [0, 0.1) is 5.92 Å². The van der Waals surface area contributed by atoms with Crippen LogP contribution in [0.5, 0.6) is 0 Å². The lowest BCUT2D eigenvalue weighted by Crippen LogP contribution is -2.22. The van der Waals surface area contributed by atoms with Crippen molar-refractivity contribution in [2.24, 2.45) is 5.92 Å². The molecule has 0 bridgehead atoms. The summed E-state index contributed by atoms with van der Waals surface area (Å²) in [5.41, 5.74) is 1.28. The summed E-state index contributed by atoms with van der Waals surface area (Å²) in [6, 6.07) is 5.10. The summed E-state index contributed by atoms with van der Waals surface area (Å²) >= 11 is 6.12. The minimum Gasteiger partial charge on any atom is -0.465 e. The first-order chi connectivity index (χ1) is 9.20. The Morgan fingerprint density at radius 2 is 2.21 bits per heavy atom. The van der Waals surface area contributed by atoms with Gasteiger partial charge in [-0.1, -0.05) is 11.6 Å². The molecule has 1 N–H and O–H groups in total. The zero-order valence-corrected chi connectivity index (χ0v) is 11.7. The second kappa shape index (κ2) is 6.78. The summed E-state index contributed by atoms with van der Waals surface area (Å²) < 4.78 is 10.0. The number of anilines is 1. The number of rotatable bonds is 4. The van der Waals surface area contributed by atoms with Gasteiger partial charge in [0.1, 0.15) is 0 Å². The van der Waals surface area contributed by atoms with Crippen molar-refractivity contribution in [2.45, 2.75) is 12.8 Å². The Kier molecular flexibility index (Phi) is 5.05. The molecule has 19 heavy (non-hydrogen) atoms. The summed E-state index contributed by atoms with van der Waals surface area (Å²) in [5.74, 6) is 0.234. The molecule has 4 nitrogen and oxygen atoms in total. The van der Waals surface area contributed by atoms with Crippen molar-refractivity contribution in [1.29, 1.82) is 0 Å². The molecule has 0 amide bonds. The van der Waals surface area contributed by atoms with Gasteiger partial charge in [0.2, 0.25) is 0 Å². The van der Waals surface area contributed by atoms with Crippen LogP contribution in [0.25, 0.3) is 0 Å². The molecule has 2 rings (SSSR count). The fraction of sp³-hybridized carbons (Fsp3) is 0.500. The van der Waals surface area contributed by atoms with Gasteiger partial charge in [-0.3, -0.25) is 0 Å². The molecule has 1 aromatic rings. The van der Waals surface area contributed by atoms with E-state index in [1.807, 2.05) is 0 Å². The maximum atomic E-state index is 11.5. The Bertz CT molecular complexity index is 444. The molecule has 0 spiro atoms. The van der Waals surface area contributed by atoms with Crippen LogP contribution < -0.4 is 5.32 Å². The lowest BCUT2D eigenvalue weighted by molar-refractivity contribution is 0.0601. The van der Waals surface area contributed by atoms with Crippen molar-refractivity contribution >= 4 is 23.3 Å². The third kappa shape index (κ3) is 3.85. The van der Waals surface area contributed by atoms with E-state index >= 15 is 0 Å². The van der Waals surface area contributed by atoms with Crippen LogP contribution in [0.2, 0.25) is 5.02 Å². The summed E-state index contributed by atoms with van der Waals surface area (Å²) in [6.07, 6.45) is 2.11. The number of esters is 1. The Labute approximate surface area is 118 Å². The molecule has 104 valence electrons. The van der Waals surface area contributed by atoms with Crippen LogP contribution >= 0.6 is 11.6 Å². The average molecular weight is 284 g/mol. The average Bonchev–Trinajstić information content (AvgIpc) is 2.46. The third-order valence-electron chi connectivity index (χ3n) is 3.31. The Balaban J connectivity index is 2.00. The van der Waals surface area contributed by atoms with Gasteiger partial charge < -0.3 is 14.8 Å². The van der Waals surface area contributed by atoms with Gasteiger partial charge in [-0.2, -0.15) is 0 Å². The number of benzene rings is 1. The van der Waals surface area contributed by atoms with E-state index in [4.69, 9.17) is 21.1 Å². The topological polar surface area (TPSA) is 47.6 Å². The third-order valence-corrected chi connectivity index (χ3v) is 3.64. The van der Waals surface area contributed by atoms with Gasteiger partial charge in [0.25, 0.3) is 0 Å². The second-order valence-corrected chi connectivity index (χ2v) is 5.03. The maximum absolute atomic E-state index is 11.5. The van der Waals surface area contributed by atoms with Crippen molar-refractivity contribution in [3.63, 3.8) is 0 Å². The quantitative estimate of drug-likeness (QED) is 0.863. The molecule has 1 saturated heterocycles. The Morgan fingerprint density at radius 3 is 2.89 bits per heavy atom. The molecular weight excluding hydrogens is 266 g/mol. The van der Waals surface area contributed by atoms with Gasteiger partial charge in [-0.05, 0) is 37.0 Å². The molecule has 1 heterocycles. The Morgan fingerprint density at radius 1 is 1.47 bits per heavy atom. The molecule has 1 aromatic carbocycles. The van der Waals surface area contributed by atoms with E-state index in [1.54, 1.807) is 18.2 Å². The van der Waals surface area contributed by atoms with E-state index in [2.05, 4.69) is 5.32 Å². The molecule has 1 aliphatic heterocycles. The van der Waals surface area contributed by atoms with Crippen molar-refractivity contribution in [3.8, 4) is 0 Å². The number of halogens is 1. The molecule has 0 unspecified atom stereocenters. The highest BCUT2D eigenvalue weighted by atomic mass is 35.5. The van der Waals surface area contributed by atoms with Crippen LogP contribution in [0.3, 0.4) is 0 Å². The zero-order chi connectivity index (χ0) is 13.7. The molecular formula is C14H18ClNO3. The minimum atomic E-state index is -0.356. The predicted molar refractivity (Wildman–Crippen MR) is 74.8 cm³/mol. The van der Waals surface area contributed by atoms with Gasteiger partial charge in [0, 0.05) is 19.8 Å². The van der Waals surface area contributed by atoms with Crippen LogP contribution in [0.1, 0.15) is 23.2 Å². The van der Waals surface area contributed by atoms with Crippen molar-refractivity contribution in [1.82, 2.24) is 0 Å². The first-order valence-electron chi connectivity index (χ1n) is 6.40. The number of methoxy groups -OCH3 is 1. The zero-order valence-electron chi connectivity index (χ0n) is 10.9. The molecule has 0 aromatic heterocycles. The molecule has 0 saturated carbocycles. The van der Waals surface area contributed by atoms with Crippen LogP contribution in [-0.4, -0.2) is 32.8 Å².